The Morgan fingerprint density at radius 3 is 2.16 bits per heavy atom. The van der Waals surface area contributed by atoms with E-state index in [0.29, 0.717) is 18.7 Å². The third-order valence-corrected chi connectivity index (χ3v) is 5.84. The number of hydrogen-bond acceptors (Lipinski definition) is 3. The standard InChI is InChI=1S/C26H36N2O2S/c1-7-23(25(30)27-26(4,5)6)28(16-21-11-9-8-10-12-21)24(29)18-31-17-22-14-19(2)13-20(3)15-22/h8-15,23H,7,16-18H2,1-6H3,(H,27,30)/t23-/m0/s1. The molecule has 168 valence electrons. The molecule has 0 heterocycles. The van der Waals surface area contributed by atoms with Crippen LogP contribution in [-0.4, -0.2) is 34.0 Å². The van der Waals surface area contributed by atoms with Gasteiger partial charge >= 0.3 is 0 Å². The Morgan fingerprint density at radius 1 is 1.00 bits per heavy atom. The van der Waals surface area contributed by atoms with Crippen molar-refractivity contribution in [3.05, 3.63) is 70.8 Å². The summed E-state index contributed by atoms with van der Waals surface area (Å²) in [5.41, 5.74) is 4.37. The van der Waals surface area contributed by atoms with Crippen molar-refractivity contribution in [1.29, 1.82) is 0 Å². The second kappa shape index (κ2) is 11.4. The van der Waals surface area contributed by atoms with Crippen LogP contribution in [0.15, 0.2) is 48.5 Å². The lowest BCUT2D eigenvalue weighted by Gasteiger charge is -2.33. The van der Waals surface area contributed by atoms with Crippen LogP contribution in [0.4, 0.5) is 0 Å². The summed E-state index contributed by atoms with van der Waals surface area (Å²) >= 11 is 1.60. The number of nitrogens with zero attached hydrogens (tertiary/aromatic N) is 1. The Kier molecular flexibility index (Phi) is 9.17. The lowest BCUT2D eigenvalue weighted by Crippen LogP contribution is -2.53. The molecule has 1 atom stereocenters. The van der Waals surface area contributed by atoms with Crippen LogP contribution in [0.5, 0.6) is 0 Å². The third kappa shape index (κ3) is 8.41. The van der Waals surface area contributed by atoms with E-state index in [9.17, 15) is 9.59 Å². The number of benzene rings is 2. The normalized spacial score (nSPS) is 12.3. The first-order valence-electron chi connectivity index (χ1n) is 10.9. The van der Waals surface area contributed by atoms with Gasteiger partial charge in [-0.1, -0.05) is 66.6 Å². The molecular formula is C26H36N2O2S. The number of thioether (sulfide) groups is 1. The van der Waals surface area contributed by atoms with Gasteiger partial charge in [0.25, 0.3) is 0 Å². The first kappa shape index (κ1) is 25.0. The van der Waals surface area contributed by atoms with Gasteiger partial charge in [-0.25, -0.2) is 0 Å². The predicted molar refractivity (Wildman–Crippen MR) is 131 cm³/mol. The summed E-state index contributed by atoms with van der Waals surface area (Å²) in [7, 11) is 0. The van der Waals surface area contributed by atoms with E-state index in [4.69, 9.17) is 0 Å². The molecule has 4 nitrogen and oxygen atoms in total. The minimum atomic E-state index is -0.492. The van der Waals surface area contributed by atoms with Gasteiger partial charge in [0.15, 0.2) is 0 Å². The minimum absolute atomic E-state index is 0.00543. The van der Waals surface area contributed by atoms with Crippen molar-refractivity contribution < 1.29 is 9.59 Å². The van der Waals surface area contributed by atoms with E-state index in [1.807, 2.05) is 58.0 Å². The van der Waals surface area contributed by atoms with Crippen LogP contribution in [-0.2, 0) is 21.9 Å². The van der Waals surface area contributed by atoms with Crippen LogP contribution in [0.3, 0.4) is 0 Å². The molecular weight excluding hydrogens is 404 g/mol. The molecule has 0 aliphatic heterocycles. The molecule has 0 radical (unpaired) electrons. The average Bonchev–Trinajstić information content (AvgIpc) is 2.66. The molecule has 31 heavy (non-hydrogen) atoms. The van der Waals surface area contributed by atoms with Crippen LogP contribution in [0.1, 0.15) is 56.4 Å². The van der Waals surface area contributed by atoms with E-state index >= 15 is 0 Å². The van der Waals surface area contributed by atoms with Gasteiger partial charge in [-0.2, -0.15) is 0 Å². The molecule has 0 aliphatic rings. The van der Waals surface area contributed by atoms with Crippen LogP contribution in [0.2, 0.25) is 0 Å². The SMILES string of the molecule is CC[C@@H](C(=O)NC(C)(C)C)N(Cc1ccccc1)C(=O)CSCc1cc(C)cc(C)c1. The van der Waals surface area contributed by atoms with E-state index in [0.717, 1.165) is 11.3 Å². The van der Waals surface area contributed by atoms with Gasteiger partial charge in [-0.15, -0.1) is 11.8 Å². The fourth-order valence-corrected chi connectivity index (χ4v) is 4.49. The van der Waals surface area contributed by atoms with Crippen LogP contribution in [0.25, 0.3) is 0 Å². The third-order valence-electron chi connectivity index (χ3n) is 4.86. The number of amides is 2. The molecule has 0 unspecified atom stereocenters. The molecule has 0 saturated carbocycles. The second-order valence-corrected chi connectivity index (χ2v) is 10.1. The maximum Gasteiger partial charge on any atom is 0.243 e. The van der Waals surface area contributed by atoms with Crippen LogP contribution < -0.4 is 5.32 Å². The van der Waals surface area contributed by atoms with Crippen molar-refractivity contribution in [2.45, 2.75) is 71.8 Å². The predicted octanol–water partition coefficient (Wildman–Crippen LogP) is 5.26. The molecule has 0 saturated heterocycles. The van der Waals surface area contributed by atoms with Crippen LogP contribution >= 0.6 is 11.8 Å². The summed E-state index contributed by atoms with van der Waals surface area (Å²) in [6, 6.07) is 15.9. The first-order chi connectivity index (χ1) is 14.6. The Balaban J connectivity index is 2.13. The Hall–Kier alpha value is -2.27. The molecule has 5 heteroatoms. The van der Waals surface area contributed by atoms with Crippen molar-refractivity contribution in [1.82, 2.24) is 10.2 Å². The van der Waals surface area contributed by atoms with E-state index in [-0.39, 0.29) is 17.4 Å². The Morgan fingerprint density at radius 2 is 1.61 bits per heavy atom. The summed E-state index contributed by atoms with van der Waals surface area (Å²) in [4.78, 5) is 28.0. The molecule has 2 aromatic carbocycles. The smallest absolute Gasteiger partial charge is 0.243 e. The maximum absolute atomic E-state index is 13.3. The van der Waals surface area contributed by atoms with Crippen LogP contribution in [0, 0.1) is 13.8 Å². The van der Waals surface area contributed by atoms with Gasteiger partial charge in [0.2, 0.25) is 11.8 Å². The van der Waals surface area contributed by atoms with Gasteiger partial charge in [0.1, 0.15) is 6.04 Å². The van der Waals surface area contributed by atoms with E-state index in [2.05, 4.69) is 37.4 Å². The van der Waals surface area contributed by atoms with Gasteiger partial charge < -0.3 is 10.2 Å². The van der Waals surface area contributed by atoms with Gasteiger partial charge in [-0.05, 0) is 52.2 Å². The maximum atomic E-state index is 13.3. The number of nitrogens with one attached hydrogen (secondary N) is 1. The first-order valence-corrected chi connectivity index (χ1v) is 12.0. The van der Waals surface area contributed by atoms with E-state index in [1.54, 1.807) is 16.7 Å². The summed E-state index contributed by atoms with van der Waals surface area (Å²) in [5.74, 6) is 1.02. The average molecular weight is 441 g/mol. The molecule has 0 aliphatic carbocycles. The molecule has 2 aromatic rings. The number of hydrogen-bond donors (Lipinski definition) is 1. The zero-order valence-corrected chi connectivity index (χ0v) is 20.5. The Bertz CT molecular complexity index is 854. The molecule has 0 spiro atoms. The number of aryl methyl sites for hydroxylation is 2. The van der Waals surface area contributed by atoms with Crippen molar-refractivity contribution in [2.24, 2.45) is 0 Å². The number of rotatable bonds is 9. The molecule has 1 N–H and O–H groups in total. The highest BCUT2D eigenvalue weighted by Crippen LogP contribution is 2.19. The Labute approximate surface area is 191 Å². The van der Waals surface area contributed by atoms with Gasteiger partial charge in [0, 0.05) is 17.8 Å². The van der Waals surface area contributed by atoms with E-state index in [1.165, 1.54) is 16.7 Å². The quantitative estimate of drug-likeness (QED) is 0.579. The molecule has 0 fully saturated rings. The molecule has 2 rings (SSSR count). The summed E-state index contributed by atoms with van der Waals surface area (Å²) < 4.78 is 0. The van der Waals surface area contributed by atoms with Crippen molar-refractivity contribution in [3.8, 4) is 0 Å². The largest absolute Gasteiger partial charge is 0.350 e. The number of carbonyl (C=O) groups excluding carboxylic acids is 2. The lowest BCUT2D eigenvalue weighted by molar-refractivity contribution is -0.140. The zero-order chi connectivity index (χ0) is 23.0. The summed E-state index contributed by atoms with van der Waals surface area (Å²) in [6.07, 6.45) is 0.572. The lowest BCUT2D eigenvalue weighted by atomic mass is 10.1. The topological polar surface area (TPSA) is 49.4 Å². The van der Waals surface area contributed by atoms with Crippen molar-refractivity contribution >= 4 is 23.6 Å². The van der Waals surface area contributed by atoms with E-state index < -0.39 is 6.04 Å². The molecule has 2 amide bonds. The molecule has 0 aromatic heterocycles. The highest BCUT2D eigenvalue weighted by Gasteiger charge is 2.30. The summed E-state index contributed by atoms with van der Waals surface area (Å²) in [5, 5.41) is 3.05. The number of carbonyl (C=O) groups is 2. The second-order valence-electron chi connectivity index (χ2n) is 9.16. The van der Waals surface area contributed by atoms with Gasteiger partial charge in [-0.3, -0.25) is 9.59 Å². The highest BCUT2D eigenvalue weighted by molar-refractivity contribution is 7.99. The molecule has 0 bridgehead atoms. The fourth-order valence-electron chi connectivity index (χ4n) is 3.64. The summed E-state index contributed by atoms with van der Waals surface area (Å²) in [6.45, 7) is 12.4. The van der Waals surface area contributed by atoms with Crippen molar-refractivity contribution in [2.75, 3.05) is 5.75 Å². The van der Waals surface area contributed by atoms with Gasteiger partial charge in [0.05, 0.1) is 5.75 Å². The monoisotopic (exact) mass is 440 g/mol. The zero-order valence-electron chi connectivity index (χ0n) is 19.7. The highest BCUT2D eigenvalue weighted by atomic mass is 32.2. The minimum Gasteiger partial charge on any atom is -0.350 e. The fraction of sp³-hybridized carbons (Fsp3) is 0.462. The van der Waals surface area contributed by atoms with Crippen molar-refractivity contribution in [3.63, 3.8) is 0 Å².